The van der Waals surface area contributed by atoms with Gasteiger partial charge in [-0.1, -0.05) is 26.7 Å². The maximum Gasteiger partial charge on any atom is 0.357 e. The van der Waals surface area contributed by atoms with Crippen molar-refractivity contribution < 1.29 is 37.5 Å². The predicted molar refractivity (Wildman–Crippen MR) is 86.4 cm³/mol. The molecule has 0 aliphatic rings. The molecule has 0 spiro atoms. The molecule has 2 unspecified atom stereocenters. The zero-order valence-corrected chi connectivity index (χ0v) is 16.0. The van der Waals surface area contributed by atoms with E-state index in [1.165, 1.54) is 6.92 Å². The maximum absolute atomic E-state index is 12.5. The summed E-state index contributed by atoms with van der Waals surface area (Å²) in [6.07, 6.45) is 2.32. The molecule has 2 atom stereocenters. The molecule has 0 amide bonds. The van der Waals surface area contributed by atoms with E-state index in [0.29, 0.717) is 25.7 Å². The molecule has 0 aliphatic heterocycles. The highest BCUT2D eigenvalue weighted by Crippen LogP contribution is 2.73. The van der Waals surface area contributed by atoms with Gasteiger partial charge in [-0.3, -0.25) is 13.9 Å². The Morgan fingerprint density at radius 1 is 0.957 bits per heavy atom. The summed E-state index contributed by atoms with van der Waals surface area (Å²) >= 11 is 0. The summed E-state index contributed by atoms with van der Waals surface area (Å²) in [5.41, 5.74) is 0. The number of ether oxygens (including phenoxy) is 1. The van der Waals surface area contributed by atoms with Gasteiger partial charge < -0.3 is 23.6 Å². The first-order valence-corrected chi connectivity index (χ1v) is 10.9. The van der Waals surface area contributed by atoms with Crippen molar-refractivity contribution in [2.75, 3.05) is 19.8 Å². The Morgan fingerprint density at radius 2 is 1.35 bits per heavy atom. The molecule has 0 saturated carbocycles. The lowest BCUT2D eigenvalue weighted by molar-refractivity contribution is -0.144. The van der Waals surface area contributed by atoms with Crippen molar-refractivity contribution in [3.8, 4) is 0 Å². The molecule has 10 heteroatoms. The first kappa shape index (κ1) is 22.8. The molecule has 2 N–H and O–H groups in total. The molecule has 0 rings (SSSR count). The van der Waals surface area contributed by atoms with Crippen molar-refractivity contribution in [2.45, 2.75) is 58.3 Å². The highest BCUT2D eigenvalue weighted by atomic mass is 31.2. The van der Waals surface area contributed by atoms with Crippen LogP contribution in [0, 0.1) is 0 Å². The first-order valence-electron chi connectivity index (χ1n) is 7.72. The molecule has 0 saturated heterocycles. The van der Waals surface area contributed by atoms with Crippen molar-refractivity contribution in [1.82, 2.24) is 0 Å². The Balaban J connectivity index is 5.59. The van der Waals surface area contributed by atoms with Gasteiger partial charge in [0.25, 0.3) is 4.90 Å². The van der Waals surface area contributed by atoms with E-state index >= 15 is 0 Å². The number of hydrogen-bond donors (Lipinski definition) is 2. The van der Waals surface area contributed by atoms with Crippen LogP contribution in [0.15, 0.2) is 0 Å². The Morgan fingerprint density at radius 3 is 1.65 bits per heavy atom. The van der Waals surface area contributed by atoms with Crippen LogP contribution in [-0.2, 0) is 27.7 Å². The number of unbranched alkanes of at least 4 members (excludes halogenated alkanes) is 2. The van der Waals surface area contributed by atoms with E-state index < -0.39 is 26.1 Å². The van der Waals surface area contributed by atoms with Crippen LogP contribution >= 0.6 is 15.2 Å². The van der Waals surface area contributed by atoms with Crippen LogP contribution in [-0.4, -0.2) is 40.5 Å². The Hall–Kier alpha value is -0.230. The molecule has 0 fully saturated rings. The standard InChI is InChI=1S/C13H28O8P2/c1-5-8-10-20-22(15,16)13(4,12(14)19-7-3)23(17,18)21-11-9-6-2/h5-11H2,1-4H3,(H,15,16)(H,17,18). The Bertz CT molecular complexity index is 435. The number of carbonyl (C=O) groups excluding carboxylic acids is 1. The van der Waals surface area contributed by atoms with Gasteiger partial charge in [0.15, 0.2) is 0 Å². The van der Waals surface area contributed by atoms with Crippen molar-refractivity contribution in [3.63, 3.8) is 0 Å². The van der Waals surface area contributed by atoms with E-state index in [4.69, 9.17) is 13.8 Å². The van der Waals surface area contributed by atoms with Crippen LogP contribution in [0.2, 0.25) is 0 Å². The highest BCUT2D eigenvalue weighted by Gasteiger charge is 2.66. The molecule has 138 valence electrons. The van der Waals surface area contributed by atoms with Gasteiger partial charge in [0.2, 0.25) is 0 Å². The molecule has 0 radical (unpaired) electrons. The minimum Gasteiger partial charge on any atom is -0.465 e. The third-order valence-electron chi connectivity index (χ3n) is 3.29. The van der Waals surface area contributed by atoms with Crippen molar-refractivity contribution in [1.29, 1.82) is 0 Å². The lowest BCUT2D eigenvalue weighted by Crippen LogP contribution is -2.38. The van der Waals surface area contributed by atoms with Crippen LogP contribution in [0.25, 0.3) is 0 Å². The minimum atomic E-state index is -4.81. The SMILES string of the molecule is CCCCOP(=O)(O)C(C)(C(=O)OCC)P(=O)(O)OCCCC. The van der Waals surface area contributed by atoms with Gasteiger partial charge in [0.05, 0.1) is 19.8 Å². The third-order valence-corrected chi connectivity index (χ3v) is 8.44. The van der Waals surface area contributed by atoms with E-state index in [1.807, 2.05) is 13.8 Å². The third kappa shape index (κ3) is 5.66. The summed E-state index contributed by atoms with van der Waals surface area (Å²) in [6, 6.07) is 0. The fraction of sp³-hybridized carbons (Fsp3) is 0.923. The average Bonchev–Trinajstić information content (AvgIpc) is 2.46. The van der Waals surface area contributed by atoms with Crippen LogP contribution in [0.3, 0.4) is 0 Å². The van der Waals surface area contributed by atoms with Crippen molar-refractivity contribution in [3.05, 3.63) is 0 Å². The molecule has 0 aromatic heterocycles. The van der Waals surface area contributed by atoms with Gasteiger partial charge in [-0.15, -0.1) is 0 Å². The second-order valence-corrected chi connectivity index (χ2v) is 9.90. The van der Waals surface area contributed by atoms with Crippen LogP contribution in [0.1, 0.15) is 53.4 Å². The Kier molecular flexibility index (Phi) is 9.82. The van der Waals surface area contributed by atoms with Gasteiger partial charge >= 0.3 is 21.2 Å². The molecule has 8 nitrogen and oxygen atoms in total. The number of esters is 1. The van der Waals surface area contributed by atoms with Gasteiger partial charge in [-0.2, -0.15) is 0 Å². The summed E-state index contributed by atoms with van der Waals surface area (Å²) < 4.78 is 39.6. The summed E-state index contributed by atoms with van der Waals surface area (Å²) in [4.78, 5) is 29.8. The van der Waals surface area contributed by atoms with Crippen LogP contribution in [0.4, 0.5) is 0 Å². The lowest BCUT2D eigenvalue weighted by atomic mass is 10.4. The zero-order valence-electron chi connectivity index (χ0n) is 14.2. The molecule has 23 heavy (non-hydrogen) atoms. The largest absolute Gasteiger partial charge is 0.465 e. The van der Waals surface area contributed by atoms with Gasteiger partial charge in [-0.25, -0.2) is 0 Å². The van der Waals surface area contributed by atoms with Gasteiger partial charge in [0.1, 0.15) is 0 Å². The zero-order chi connectivity index (χ0) is 18.1. The molecular weight excluding hydrogens is 346 g/mol. The summed E-state index contributed by atoms with van der Waals surface area (Å²) in [5.74, 6) is -1.29. The van der Waals surface area contributed by atoms with Crippen LogP contribution in [0.5, 0.6) is 0 Å². The molecular formula is C13H28O8P2. The molecule has 0 bridgehead atoms. The second kappa shape index (κ2) is 9.92. The van der Waals surface area contributed by atoms with E-state index in [9.17, 15) is 23.7 Å². The molecule has 0 aliphatic carbocycles. The molecule has 0 aromatic carbocycles. The van der Waals surface area contributed by atoms with Gasteiger partial charge in [0, 0.05) is 0 Å². The number of rotatable bonds is 12. The minimum absolute atomic E-state index is 0.113. The lowest BCUT2D eigenvalue weighted by Gasteiger charge is -2.33. The van der Waals surface area contributed by atoms with E-state index in [2.05, 4.69) is 0 Å². The van der Waals surface area contributed by atoms with Gasteiger partial charge in [-0.05, 0) is 26.7 Å². The summed E-state index contributed by atoms with van der Waals surface area (Å²) in [5, 5.41) is 0. The normalized spacial score (nSPS) is 19.4. The smallest absolute Gasteiger partial charge is 0.357 e. The topological polar surface area (TPSA) is 119 Å². The molecule has 0 aromatic rings. The highest BCUT2D eigenvalue weighted by molar-refractivity contribution is 7.75. The second-order valence-electron chi connectivity index (χ2n) is 5.16. The Labute approximate surface area is 137 Å². The quantitative estimate of drug-likeness (QED) is 0.303. The monoisotopic (exact) mass is 374 g/mol. The summed E-state index contributed by atoms with van der Waals surface area (Å²) in [7, 11) is -9.63. The molecule has 0 heterocycles. The summed E-state index contributed by atoms with van der Waals surface area (Å²) in [6.45, 7) is 5.71. The van der Waals surface area contributed by atoms with E-state index in [0.717, 1.165) is 6.92 Å². The maximum atomic E-state index is 12.5. The van der Waals surface area contributed by atoms with E-state index in [-0.39, 0.29) is 19.8 Å². The first-order chi connectivity index (χ1) is 10.6. The number of hydrogen-bond acceptors (Lipinski definition) is 6. The average molecular weight is 374 g/mol. The van der Waals surface area contributed by atoms with Crippen molar-refractivity contribution in [2.24, 2.45) is 0 Å². The van der Waals surface area contributed by atoms with E-state index in [1.54, 1.807) is 0 Å². The fourth-order valence-electron chi connectivity index (χ4n) is 1.57. The number of carbonyl (C=O) groups is 1. The predicted octanol–water partition coefficient (Wildman–Crippen LogP) is 3.27. The van der Waals surface area contributed by atoms with Crippen LogP contribution < -0.4 is 0 Å². The fourth-order valence-corrected chi connectivity index (χ4v) is 5.05. The van der Waals surface area contributed by atoms with Crippen molar-refractivity contribution >= 4 is 21.2 Å².